The lowest BCUT2D eigenvalue weighted by Gasteiger charge is -2.17. The largest absolute Gasteiger partial charge is 0.271 e. The van der Waals surface area contributed by atoms with Crippen molar-refractivity contribution in [2.45, 2.75) is 45.6 Å². The molecule has 0 amide bonds. The van der Waals surface area contributed by atoms with E-state index in [2.05, 4.69) is 42.6 Å². The summed E-state index contributed by atoms with van der Waals surface area (Å²) in [7, 11) is 0. The first-order valence-electron chi connectivity index (χ1n) is 6.74. The molecule has 0 saturated carbocycles. The Kier molecular flexibility index (Phi) is 4.52. The highest BCUT2D eigenvalue weighted by Crippen LogP contribution is 2.27. The first kappa shape index (κ1) is 15.1. The van der Waals surface area contributed by atoms with Crippen LogP contribution in [0.1, 0.15) is 48.8 Å². The molecule has 3 N–H and O–H groups in total. The summed E-state index contributed by atoms with van der Waals surface area (Å²) >= 11 is 1.69. The second kappa shape index (κ2) is 5.99. The maximum absolute atomic E-state index is 5.71. The highest BCUT2D eigenvalue weighted by molar-refractivity contribution is 7.09. The molecule has 0 spiro atoms. The summed E-state index contributed by atoms with van der Waals surface area (Å²) in [6.07, 6.45) is 2.58. The summed E-state index contributed by atoms with van der Waals surface area (Å²) in [6.45, 7) is 8.53. The quantitative estimate of drug-likeness (QED) is 0.671. The van der Waals surface area contributed by atoms with Gasteiger partial charge < -0.3 is 0 Å². The van der Waals surface area contributed by atoms with E-state index in [0.717, 1.165) is 28.4 Å². The van der Waals surface area contributed by atoms with E-state index < -0.39 is 0 Å². The van der Waals surface area contributed by atoms with E-state index in [0.29, 0.717) is 0 Å². The monoisotopic (exact) mass is 290 g/mol. The molecule has 1 unspecified atom stereocenters. The van der Waals surface area contributed by atoms with Gasteiger partial charge in [0, 0.05) is 29.1 Å². The Morgan fingerprint density at radius 1 is 1.40 bits per heavy atom. The van der Waals surface area contributed by atoms with Crippen LogP contribution in [0.2, 0.25) is 0 Å². The van der Waals surface area contributed by atoms with Crippen LogP contribution >= 0.6 is 11.3 Å². The zero-order chi connectivity index (χ0) is 14.8. The van der Waals surface area contributed by atoms with Gasteiger partial charge in [-0.25, -0.2) is 4.98 Å². The van der Waals surface area contributed by atoms with Gasteiger partial charge in [0.25, 0.3) is 0 Å². The number of aromatic nitrogens is 2. The molecule has 0 aromatic carbocycles. The number of nitrogens with one attached hydrogen (secondary N) is 1. The van der Waals surface area contributed by atoms with Crippen molar-refractivity contribution in [1.82, 2.24) is 15.4 Å². The van der Waals surface area contributed by atoms with Crippen molar-refractivity contribution in [2.24, 2.45) is 5.84 Å². The lowest BCUT2D eigenvalue weighted by molar-refractivity contribution is 0.537. The number of hydrogen-bond donors (Lipinski definition) is 2. The van der Waals surface area contributed by atoms with Crippen molar-refractivity contribution >= 4 is 11.3 Å². The fourth-order valence-electron chi connectivity index (χ4n) is 2.05. The van der Waals surface area contributed by atoms with E-state index >= 15 is 0 Å². The molecule has 0 aliphatic carbocycles. The highest BCUT2D eigenvalue weighted by Gasteiger charge is 2.20. The third kappa shape index (κ3) is 3.42. The fraction of sp³-hybridized carbons (Fsp3) is 0.467. The number of thiazole rings is 1. The highest BCUT2D eigenvalue weighted by atomic mass is 32.1. The fourth-order valence-corrected chi connectivity index (χ4v) is 3.12. The Morgan fingerprint density at radius 3 is 2.70 bits per heavy atom. The van der Waals surface area contributed by atoms with Crippen molar-refractivity contribution in [1.29, 1.82) is 0 Å². The number of rotatable bonds is 4. The summed E-state index contributed by atoms with van der Waals surface area (Å²) in [5.74, 6) is 5.71. The molecule has 20 heavy (non-hydrogen) atoms. The molecule has 5 heteroatoms. The van der Waals surface area contributed by atoms with Crippen molar-refractivity contribution in [3.8, 4) is 0 Å². The lowest BCUT2D eigenvalue weighted by Crippen LogP contribution is -2.30. The van der Waals surface area contributed by atoms with Gasteiger partial charge >= 0.3 is 0 Å². The molecule has 108 valence electrons. The summed E-state index contributed by atoms with van der Waals surface area (Å²) in [5.41, 5.74) is 6.24. The van der Waals surface area contributed by atoms with Crippen molar-refractivity contribution in [2.75, 3.05) is 0 Å². The van der Waals surface area contributed by atoms with Crippen LogP contribution in [0.4, 0.5) is 0 Å². The molecular formula is C15H22N4S. The Balaban J connectivity index is 2.19. The predicted octanol–water partition coefficient (Wildman–Crippen LogP) is 2.89. The van der Waals surface area contributed by atoms with Gasteiger partial charge in [-0.2, -0.15) is 0 Å². The second-order valence-electron chi connectivity index (χ2n) is 5.98. The molecule has 4 nitrogen and oxygen atoms in total. The zero-order valence-electron chi connectivity index (χ0n) is 12.5. The van der Waals surface area contributed by atoms with Crippen LogP contribution in [0.25, 0.3) is 0 Å². The van der Waals surface area contributed by atoms with E-state index in [-0.39, 0.29) is 11.5 Å². The summed E-state index contributed by atoms with van der Waals surface area (Å²) in [5, 5.41) is 3.24. The maximum Gasteiger partial charge on any atom is 0.0948 e. The summed E-state index contributed by atoms with van der Waals surface area (Å²) in [4.78, 5) is 9.05. The van der Waals surface area contributed by atoms with Crippen LogP contribution in [0.3, 0.4) is 0 Å². The maximum atomic E-state index is 5.71. The van der Waals surface area contributed by atoms with Gasteiger partial charge in [0.2, 0.25) is 0 Å². The van der Waals surface area contributed by atoms with Gasteiger partial charge in [-0.3, -0.25) is 16.3 Å². The Bertz CT molecular complexity index is 571. The summed E-state index contributed by atoms with van der Waals surface area (Å²) in [6, 6.07) is 4.04. The number of nitrogens with zero attached hydrogens (tertiary/aromatic N) is 2. The van der Waals surface area contributed by atoms with E-state index in [9.17, 15) is 0 Å². The van der Waals surface area contributed by atoms with Crippen molar-refractivity contribution < 1.29 is 0 Å². The third-order valence-electron chi connectivity index (χ3n) is 3.32. The molecule has 0 aliphatic heterocycles. The standard InChI is InChI=1S/C15H22N4S/c1-10-11(6-5-7-17-10)12(19-16)8-14-18-13(9-20-14)15(2,3)4/h5-7,9,12,19H,8,16H2,1-4H3. The molecule has 2 rings (SSSR count). The topological polar surface area (TPSA) is 63.8 Å². The molecule has 1 atom stereocenters. The minimum absolute atomic E-state index is 0.0441. The van der Waals surface area contributed by atoms with Gasteiger partial charge in [0.05, 0.1) is 16.7 Å². The summed E-state index contributed by atoms with van der Waals surface area (Å²) < 4.78 is 0. The predicted molar refractivity (Wildman–Crippen MR) is 83.6 cm³/mol. The van der Waals surface area contributed by atoms with Crippen molar-refractivity contribution in [3.63, 3.8) is 0 Å². The first-order chi connectivity index (χ1) is 9.41. The molecule has 2 aromatic rings. The van der Waals surface area contributed by atoms with E-state index in [1.165, 1.54) is 0 Å². The minimum atomic E-state index is 0.0441. The van der Waals surface area contributed by atoms with Gasteiger partial charge in [-0.15, -0.1) is 11.3 Å². The normalized spacial score (nSPS) is 13.4. The Labute approximate surface area is 124 Å². The van der Waals surface area contributed by atoms with Crippen LogP contribution in [0, 0.1) is 6.92 Å². The van der Waals surface area contributed by atoms with Gasteiger partial charge in [-0.05, 0) is 18.6 Å². The number of nitrogens with two attached hydrogens (primary N) is 1. The average molecular weight is 290 g/mol. The number of hydrogen-bond acceptors (Lipinski definition) is 5. The minimum Gasteiger partial charge on any atom is -0.271 e. The lowest BCUT2D eigenvalue weighted by atomic mass is 9.93. The van der Waals surface area contributed by atoms with E-state index in [1.807, 2.05) is 13.0 Å². The molecule has 0 saturated heterocycles. The zero-order valence-corrected chi connectivity index (χ0v) is 13.3. The van der Waals surface area contributed by atoms with Crippen LogP contribution < -0.4 is 11.3 Å². The molecule has 0 radical (unpaired) electrons. The van der Waals surface area contributed by atoms with Crippen LogP contribution in [0.15, 0.2) is 23.7 Å². The molecule has 2 heterocycles. The van der Waals surface area contributed by atoms with Gasteiger partial charge in [-0.1, -0.05) is 26.8 Å². The van der Waals surface area contributed by atoms with Crippen LogP contribution in [-0.4, -0.2) is 9.97 Å². The SMILES string of the molecule is Cc1ncccc1C(Cc1nc(C(C)(C)C)cs1)NN. The molecule has 0 aliphatic rings. The van der Waals surface area contributed by atoms with Crippen LogP contribution in [0.5, 0.6) is 0 Å². The van der Waals surface area contributed by atoms with Crippen molar-refractivity contribution in [3.05, 3.63) is 45.7 Å². The number of aryl methyl sites for hydroxylation is 1. The molecule has 2 aromatic heterocycles. The first-order valence-corrected chi connectivity index (χ1v) is 7.62. The van der Waals surface area contributed by atoms with E-state index in [4.69, 9.17) is 10.8 Å². The number of hydrazine groups is 1. The molecule has 0 bridgehead atoms. The third-order valence-corrected chi connectivity index (χ3v) is 4.19. The van der Waals surface area contributed by atoms with E-state index in [1.54, 1.807) is 17.5 Å². The molecular weight excluding hydrogens is 268 g/mol. The smallest absolute Gasteiger partial charge is 0.0948 e. The average Bonchev–Trinajstić information content (AvgIpc) is 2.85. The Hall–Kier alpha value is -1.30. The van der Waals surface area contributed by atoms with Gasteiger partial charge in [0.1, 0.15) is 0 Å². The molecule has 0 fully saturated rings. The Morgan fingerprint density at radius 2 is 2.15 bits per heavy atom. The second-order valence-corrected chi connectivity index (χ2v) is 6.92. The number of pyridine rings is 1. The van der Waals surface area contributed by atoms with Crippen LogP contribution in [-0.2, 0) is 11.8 Å². The van der Waals surface area contributed by atoms with Gasteiger partial charge in [0.15, 0.2) is 0 Å².